The third kappa shape index (κ3) is 2.87. The van der Waals surface area contributed by atoms with Crippen LogP contribution in [0.1, 0.15) is 34.5 Å². The number of hydrogen-bond donors (Lipinski definition) is 0. The predicted octanol–water partition coefficient (Wildman–Crippen LogP) is 3.86. The number of aromatic nitrogens is 2. The molecule has 1 aliphatic rings. The average Bonchev–Trinajstić information content (AvgIpc) is 3.06. The first-order valence-corrected chi connectivity index (χ1v) is 9.14. The fourth-order valence-electron chi connectivity index (χ4n) is 3.11. The molecule has 0 aliphatic carbocycles. The number of fused-ring (bicyclic) bond motifs is 1. The molecule has 1 aromatic carbocycles. The number of benzene rings is 1. The van der Waals surface area contributed by atoms with Crippen LogP contribution in [0.2, 0.25) is 0 Å². The van der Waals surface area contributed by atoms with E-state index in [2.05, 4.69) is 16.0 Å². The van der Waals surface area contributed by atoms with Crippen molar-refractivity contribution in [1.82, 2.24) is 14.9 Å². The van der Waals surface area contributed by atoms with E-state index in [4.69, 9.17) is 0 Å². The lowest BCUT2D eigenvalue weighted by Crippen LogP contribution is -2.35. The van der Waals surface area contributed by atoms with Crippen LogP contribution in [0.25, 0.3) is 21.6 Å². The van der Waals surface area contributed by atoms with Gasteiger partial charge in [0.1, 0.15) is 26.9 Å². The molecule has 3 heterocycles. The van der Waals surface area contributed by atoms with Gasteiger partial charge in [0.25, 0.3) is 5.91 Å². The maximum atomic E-state index is 12.8. The third-order valence-electron chi connectivity index (χ3n) is 4.42. The molecule has 1 saturated heterocycles. The van der Waals surface area contributed by atoms with Gasteiger partial charge in [-0.2, -0.15) is 5.26 Å². The number of rotatable bonds is 2. The van der Waals surface area contributed by atoms with Gasteiger partial charge in [-0.3, -0.25) is 4.79 Å². The first-order valence-electron chi connectivity index (χ1n) is 8.32. The van der Waals surface area contributed by atoms with Gasteiger partial charge in [-0.15, -0.1) is 11.3 Å². The number of nitriles is 1. The smallest absolute Gasteiger partial charge is 0.265 e. The summed E-state index contributed by atoms with van der Waals surface area (Å²) < 4.78 is 0. The molecule has 0 spiro atoms. The van der Waals surface area contributed by atoms with Crippen molar-refractivity contribution in [1.29, 1.82) is 5.26 Å². The summed E-state index contributed by atoms with van der Waals surface area (Å²) in [5, 5.41) is 9.56. The lowest BCUT2D eigenvalue weighted by atomic mass is 10.1. The van der Waals surface area contributed by atoms with Crippen LogP contribution >= 0.6 is 11.3 Å². The standard InChI is InChI=1S/C19H16N4OS/c20-11-14-16-18(22-15(12-21-16)13-7-3-1-4-8-13)25-17(14)19(24)23-9-5-2-6-10-23/h1,3-4,7-8,12H,2,5-6,9-10H2. The molecule has 25 heavy (non-hydrogen) atoms. The molecule has 0 bridgehead atoms. The van der Waals surface area contributed by atoms with Gasteiger partial charge in [0.15, 0.2) is 0 Å². The van der Waals surface area contributed by atoms with E-state index in [1.807, 2.05) is 35.2 Å². The van der Waals surface area contributed by atoms with Crippen molar-refractivity contribution in [2.24, 2.45) is 0 Å². The van der Waals surface area contributed by atoms with Gasteiger partial charge in [0, 0.05) is 18.7 Å². The summed E-state index contributed by atoms with van der Waals surface area (Å²) in [5.41, 5.74) is 2.58. The Balaban J connectivity index is 1.78. The van der Waals surface area contributed by atoms with Crippen LogP contribution in [0.3, 0.4) is 0 Å². The summed E-state index contributed by atoms with van der Waals surface area (Å²) in [5.74, 6) is -0.0673. The van der Waals surface area contributed by atoms with Crippen molar-refractivity contribution in [2.75, 3.05) is 13.1 Å². The number of carbonyl (C=O) groups is 1. The van der Waals surface area contributed by atoms with Crippen molar-refractivity contribution >= 4 is 27.6 Å². The van der Waals surface area contributed by atoms with Gasteiger partial charge in [0.05, 0.1) is 11.9 Å². The molecule has 0 unspecified atom stereocenters. The highest BCUT2D eigenvalue weighted by Gasteiger charge is 2.25. The summed E-state index contributed by atoms with van der Waals surface area (Å²) in [7, 11) is 0. The largest absolute Gasteiger partial charge is 0.338 e. The maximum absolute atomic E-state index is 12.8. The minimum absolute atomic E-state index is 0.0673. The summed E-state index contributed by atoms with van der Waals surface area (Å²) in [4.78, 5) is 24.8. The van der Waals surface area contributed by atoms with E-state index < -0.39 is 0 Å². The molecule has 0 atom stereocenters. The van der Waals surface area contributed by atoms with E-state index in [-0.39, 0.29) is 5.91 Å². The van der Waals surface area contributed by atoms with Crippen molar-refractivity contribution in [3.8, 4) is 17.3 Å². The van der Waals surface area contributed by atoms with Crippen LogP contribution in [0, 0.1) is 11.3 Å². The summed E-state index contributed by atoms with van der Waals surface area (Å²) in [6, 6.07) is 11.9. The number of piperidine rings is 1. The highest BCUT2D eigenvalue weighted by molar-refractivity contribution is 7.20. The minimum Gasteiger partial charge on any atom is -0.338 e. The predicted molar refractivity (Wildman–Crippen MR) is 97.3 cm³/mol. The highest BCUT2D eigenvalue weighted by atomic mass is 32.1. The molecular formula is C19H16N4OS. The minimum atomic E-state index is -0.0673. The second-order valence-corrected chi connectivity index (χ2v) is 7.04. The second-order valence-electron chi connectivity index (χ2n) is 6.05. The molecule has 2 aromatic heterocycles. The average molecular weight is 348 g/mol. The molecule has 124 valence electrons. The van der Waals surface area contributed by atoms with Gasteiger partial charge < -0.3 is 4.90 Å². The van der Waals surface area contributed by atoms with Crippen LogP contribution in [0.15, 0.2) is 36.5 Å². The molecule has 1 fully saturated rings. The maximum Gasteiger partial charge on any atom is 0.265 e. The molecule has 1 aliphatic heterocycles. The highest BCUT2D eigenvalue weighted by Crippen LogP contribution is 2.31. The van der Waals surface area contributed by atoms with Crippen molar-refractivity contribution < 1.29 is 4.79 Å². The third-order valence-corrected chi connectivity index (χ3v) is 5.48. The van der Waals surface area contributed by atoms with E-state index in [0.717, 1.165) is 43.6 Å². The zero-order valence-electron chi connectivity index (χ0n) is 13.6. The molecule has 4 rings (SSSR count). The van der Waals surface area contributed by atoms with Crippen LogP contribution in [0.5, 0.6) is 0 Å². The molecule has 1 amide bonds. The van der Waals surface area contributed by atoms with E-state index in [0.29, 0.717) is 20.8 Å². The lowest BCUT2D eigenvalue weighted by Gasteiger charge is -2.26. The second kappa shape index (κ2) is 6.61. The lowest BCUT2D eigenvalue weighted by molar-refractivity contribution is 0.0729. The SMILES string of the molecule is N#Cc1c(C(=O)N2CCCCC2)sc2nc(-c3ccccc3)cnc12. The van der Waals surface area contributed by atoms with Gasteiger partial charge >= 0.3 is 0 Å². The van der Waals surface area contributed by atoms with Crippen LogP contribution < -0.4 is 0 Å². The van der Waals surface area contributed by atoms with E-state index in [1.54, 1.807) is 6.20 Å². The molecule has 0 N–H and O–H groups in total. The van der Waals surface area contributed by atoms with Crippen LogP contribution in [-0.4, -0.2) is 33.9 Å². The molecule has 6 heteroatoms. The molecular weight excluding hydrogens is 332 g/mol. The fraction of sp³-hybridized carbons (Fsp3) is 0.263. The Bertz CT molecular complexity index is 968. The van der Waals surface area contributed by atoms with E-state index in [1.165, 1.54) is 11.3 Å². The first kappa shape index (κ1) is 15.7. The molecule has 0 saturated carbocycles. The zero-order chi connectivity index (χ0) is 17.2. The zero-order valence-corrected chi connectivity index (χ0v) is 14.4. The van der Waals surface area contributed by atoms with E-state index in [9.17, 15) is 10.1 Å². The van der Waals surface area contributed by atoms with Crippen LogP contribution in [0.4, 0.5) is 0 Å². The quantitative estimate of drug-likeness (QED) is 0.705. The Kier molecular flexibility index (Phi) is 4.16. The van der Waals surface area contributed by atoms with E-state index >= 15 is 0 Å². The Labute approximate surface area is 149 Å². The normalized spacial score (nSPS) is 14.4. The molecule has 3 aromatic rings. The fourth-order valence-corrected chi connectivity index (χ4v) is 4.16. The number of carbonyl (C=O) groups excluding carboxylic acids is 1. The number of likely N-dealkylation sites (tertiary alicyclic amines) is 1. The van der Waals surface area contributed by atoms with Crippen molar-refractivity contribution in [3.63, 3.8) is 0 Å². The topological polar surface area (TPSA) is 69.9 Å². The van der Waals surface area contributed by atoms with Gasteiger partial charge in [-0.25, -0.2) is 9.97 Å². The molecule has 5 nitrogen and oxygen atoms in total. The first-order chi connectivity index (χ1) is 12.3. The Morgan fingerprint density at radius 3 is 2.64 bits per heavy atom. The number of thiophene rings is 1. The van der Waals surface area contributed by atoms with Crippen molar-refractivity contribution in [3.05, 3.63) is 47.0 Å². The van der Waals surface area contributed by atoms with Gasteiger partial charge in [-0.1, -0.05) is 30.3 Å². The Morgan fingerprint density at radius 2 is 1.92 bits per heavy atom. The monoisotopic (exact) mass is 348 g/mol. The summed E-state index contributed by atoms with van der Waals surface area (Å²) in [6.07, 6.45) is 4.87. The summed E-state index contributed by atoms with van der Waals surface area (Å²) in [6.45, 7) is 1.52. The van der Waals surface area contributed by atoms with Crippen LogP contribution in [-0.2, 0) is 0 Å². The Hall–Kier alpha value is -2.78. The number of nitrogens with zero attached hydrogens (tertiary/aromatic N) is 4. The number of amides is 1. The Morgan fingerprint density at radius 1 is 1.16 bits per heavy atom. The van der Waals surface area contributed by atoms with Gasteiger partial charge in [-0.05, 0) is 19.3 Å². The van der Waals surface area contributed by atoms with Gasteiger partial charge in [0.2, 0.25) is 0 Å². The molecule has 0 radical (unpaired) electrons. The van der Waals surface area contributed by atoms with Crippen molar-refractivity contribution in [2.45, 2.75) is 19.3 Å². The number of hydrogen-bond acceptors (Lipinski definition) is 5. The summed E-state index contributed by atoms with van der Waals surface area (Å²) >= 11 is 1.27.